The van der Waals surface area contributed by atoms with Gasteiger partial charge in [-0.2, -0.15) is 0 Å². The molecule has 3 rings (SSSR count). The highest BCUT2D eigenvalue weighted by Gasteiger charge is 2.56. The summed E-state index contributed by atoms with van der Waals surface area (Å²) in [6.07, 6.45) is 6.97. The minimum atomic E-state index is -0.839. The number of carbonyl (C=O) groups is 1. The van der Waals surface area contributed by atoms with E-state index in [2.05, 4.69) is 45.9 Å². The number of rotatable bonds is 3. The average molecular weight is 328 g/mol. The van der Waals surface area contributed by atoms with Gasteiger partial charge < -0.3 is 9.84 Å². The van der Waals surface area contributed by atoms with Crippen LogP contribution in [-0.2, 0) is 10.2 Å². The van der Waals surface area contributed by atoms with Crippen LogP contribution in [-0.4, -0.2) is 18.2 Å². The Labute approximate surface area is 144 Å². The van der Waals surface area contributed by atoms with Gasteiger partial charge in [-0.3, -0.25) is 4.79 Å². The van der Waals surface area contributed by atoms with Gasteiger partial charge in [0, 0.05) is 5.92 Å². The second kappa shape index (κ2) is 5.65. The quantitative estimate of drug-likeness (QED) is 0.850. The molecule has 3 heteroatoms. The number of carboxylic acid groups (broad SMARTS) is 1. The Morgan fingerprint density at radius 2 is 2.00 bits per heavy atom. The Kier molecular flexibility index (Phi) is 4.01. The van der Waals surface area contributed by atoms with Crippen LogP contribution in [0.5, 0.6) is 5.75 Å². The number of benzene rings is 1. The molecule has 0 heterocycles. The fraction of sp³-hybridized carbons (Fsp3) is 0.571. The van der Waals surface area contributed by atoms with Crippen molar-refractivity contribution in [1.82, 2.24) is 0 Å². The minimum absolute atomic E-state index is 0.0124. The smallest absolute Gasteiger partial charge is 0.314 e. The van der Waals surface area contributed by atoms with Crippen LogP contribution in [0.2, 0.25) is 0 Å². The molecule has 0 unspecified atom stereocenters. The van der Waals surface area contributed by atoms with E-state index in [9.17, 15) is 9.90 Å². The summed E-state index contributed by atoms with van der Waals surface area (Å²) in [5.74, 6) is 0.449. The van der Waals surface area contributed by atoms with Crippen molar-refractivity contribution >= 4 is 12.0 Å². The first-order chi connectivity index (χ1) is 11.2. The van der Waals surface area contributed by atoms with Gasteiger partial charge in [-0.25, -0.2) is 0 Å². The fourth-order valence-electron chi connectivity index (χ4n) is 4.85. The maximum Gasteiger partial charge on any atom is 0.314 e. The third-order valence-corrected chi connectivity index (χ3v) is 6.12. The maximum atomic E-state index is 12.5. The van der Waals surface area contributed by atoms with Crippen molar-refractivity contribution in [3.8, 4) is 5.75 Å². The van der Waals surface area contributed by atoms with Crippen LogP contribution in [0.4, 0.5) is 0 Å². The summed E-state index contributed by atoms with van der Waals surface area (Å²) in [5, 5.41) is 10.3. The van der Waals surface area contributed by atoms with E-state index in [-0.39, 0.29) is 11.3 Å². The monoisotopic (exact) mass is 328 g/mol. The molecule has 2 aliphatic carbocycles. The molecule has 0 bridgehead atoms. The van der Waals surface area contributed by atoms with E-state index < -0.39 is 11.4 Å². The van der Waals surface area contributed by atoms with Crippen LogP contribution in [0, 0.1) is 11.3 Å². The van der Waals surface area contributed by atoms with Crippen molar-refractivity contribution in [1.29, 1.82) is 0 Å². The second-order valence-corrected chi connectivity index (χ2v) is 8.29. The van der Waals surface area contributed by atoms with E-state index in [4.69, 9.17) is 4.74 Å². The van der Waals surface area contributed by atoms with Gasteiger partial charge in [0.15, 0.2) is 0 Å². The van der Waals surface area contributed by atoms with E-state index in [0.29, 0.717) is 12.3 Å². The molecule has 0 saturated heterocycles. The largest absolute Gasteiger partial charge is 0.496 e. The molecule has 1 aromatic rings. The van der Waals surface area contributed by atoms with Crippen LogP contribution in [0.3, 0.4) is 0 Å². The highest BCUT2D eigenvalue weighted by molar-refractivity contribution is 5.87. The number of aliphatic carboxylic acids is 1. The van der Waals surface area contributed by atoms with Gasteiger partial charge in [0.05, 0.1) is 7.11 Å². The topological polar surface area (TPSA) is 46.5 Å². The highest BCUT2D eigenvalue weighted by atomic mass is 16.5. The lowest BCUT2D eigenvalue weighted by molar-refractivity contribution is -0.150. The zero-order valence-electron chi connectivity index (χ0n) is 15.3. The molecule has 2 atom stereocenters. The van der Waals surface area contributed by atoms with E-state index in [1.807, 2.05) is 6.07 Å². The van der Waals surface area contributed by atoms with Crippen LogP contribution in [0.25, 0.3) is 6.08 Å². The van der Waals surface area contributed by atoms with Crippen molar-refractivity contribution in [3.63, 3.8) is 0 Å². The summed E-state index contributed by atoms with van der Waals surface area (Å²) >= 11 is 0. The van der Waals surface area contributed by atoms with Gasteiger partial charge in [0.1, 0.15) is 11.2 Å². The Bertz CT molecular complexity index is 699. The van der Waals surface area contributed by atoms with Crippen LogP contribution in [0.1, 0.15) is 69.6 Å². The Hall–Kier alpha value is -1.77. The molecule has 1 N–H and O–H groups in total. The second-order valence-electron chi connectivity index (χ2n) is 8.29. The minimum Gasteiger partial charge on any atom is -0.496 e. The maximum absolute atomic E-state index is 12.5. The number of hydrogen-bond acceptors (Lipinski definition) is 2. The van der Waals surface area contributed by atoms with Gasteiger partial charge >= 0.3 is 5.97 Å². The number of methoxy groups -OCH3 is 1. The van der Waals surface area contributed by atoms with Gasteiger partial charge in [-0.1, -0.05) is 46.3 Å². The third-order valence-electron chi connectivity index (χ3n) is 6.12. The molecular formula is C21H28O3. The molecule has 0 spiro atoms. The highest BCUT2D eigenvalue weighted by Crippen LogP contribution is 2.57. The number of hydrogen-bond donors (Lipinski definition) is 1. The summed E-state index contributed by atoms with van der Waals surface area (Å²) in [6, 6.07) is 4.12. The summed E-state index contributed by atoms with van der Waals surface area (Å²) < 4.78 is 5.61. The van der Waals surface area contributed by atoms with E-state index in [0.717, 1.165) is 35.3 Å². The third kappa shape index (κ3) is 2.28. The SMILES string of the molecule is COc1cc2c(cc1C(C)C)C=C[C@H]1C(C)(C)CCC[C@]21C(=O)O. The van der Waals surface area contributed by atoms with E-state index in [1.54, 1.807) is 7.11 Å². The first-order valence-corrected chi connectivity index (χ1v) is 8.88. The summed E-state index contributed by atoms with van der Waals surface area (Å²) in [7, 11) is 1.67. The average Bonchev–Trinajstić information content (AvgIpc) is 2.52. The fourth-order valence-corrected chi connectivity index (χ4v) is 4.85. The molecule has 3 nitrogen and oxygen atoms in total. The number of allylic oxidation sites excluding steroid dienone is 1. The number of carboxylic acids is 1. The van der Waals surface area contributed by atoms with Gasteiger partial charge in [-0.15, -0.1) is 0 Å². The lowest BCUT2D eigenvalue weighted by Gasteiger charge is -2.51. The van der Waals surface area contributed by atoms with Crippen LogP contribution < -0.4 is 4.74 Å². The molecule has 0 amide bonds. The molecule has 1 aromatic carbocycles. The molecule has 1 saturated carbocycles. The first kappa shape index (κ1) is 17.1. The molecule has 2 aliphatic rings. The Balaban J connectivity index is 2.28. The van der Waals surface area contributed by atoms with Gasteiger partial charge in [-0.05, 0) is 53.0 Å². The normalized spacial score (nSPS) is 27.5. The zero-order valence-corrected chi connectivity index (χ0v) is 15.3. The lowest BCUT2D eigenvalue weighted by atomic mass is 9.51. The predicted molar refractivity (Wildman–Crippen MR) is 96.6 cm³/mol. The molecule has 24 heavy (non-hydrogen) atoms. The molecule has 130 valence electrons. The molecule has 1 fully saturated rings. The van der Waals surface area contributed by atoms with Crippen molar-refractivity contribution in [2.24, 2.45) is 11.3 Å². The Morgan fingerprint density at radius 1 is 1.29 bits per heavy atom. The molecule has 0 aromatic heterocycles. The summed E-state index contributed by atoms with van der Waals surface area (Å²) in [6.45, 7) is 8.67. The number of fused-ring (bicyclic) bond motifs is 3. The standard InChI is InChI=1S/C21H28O3/c1-13(2)15-11-14-7-8-18-20(3,4)9-6-10-21(18,19(22)23)16(14)12-17(15)24-5/h7-8,11-13,18H,6,9-10H2,1-5H3,(H,22,23)/t18-,21-/m0/s1. The van der Waals surface area contributed by atoms with E-state index in [1.165, 1.54) is 0 Å². The number of ether oxygens (including phenoxy) is 1. The lowest BCUT2D eigenvalue weighted by Crippen LogP contribution is -2.52. The van der Waals surface area contributed by atoms with Gasteiger partial charge in [0.2, 0.25) is 0 Å². The molecular weight excluding hydrogens is 300 g/mol. The van der Waals surface area contributed by atoms with Crippen LogP contribution in [0.15, 0.2) is 18.2 Å². The summed E-state index contributed by atoms with van der Waals surface area (Å²) in [4.78, 5) is 12.5. The zero-order chi connectivity index (χ0) is 17.7. The van der Waals surface area contributed by atoms with Crippen molar-refractivity contribution in [2.75, 3.05) is 7.11 Å². The van der Waals surface area contributed by atoms with Crippen LogP contribution >= 0.6 is 0 Å². The molecule has 0 radical (unpaired) electrons. The van der Waals surface area contributed by atoms with Gasteiger partial charge in [0.25, 0.3) is 0 Å². The first-order valence-electron chi connectivity index (χ1n) is 8.88. The van der Waals surface area contributed by atoms with Crippen molar-refractivity contribution in [2.45, 2.75) is 58.3 Å². The van der Waals surface area contributed by atoms with Crippen molar-refractivity contribution in [3.05, 3.63) is 34.9 Å². The van der Waals surface area contributed by atoms with E-state index >= 15 is 0 Å². The predicted octanol–water partition coefficient (Wildman–Crippen LogP) is 4.99. The molecule has 0 aliphatic heterocycles. The van der Waals surface area contributed by atoms with Crippen molar-refractivity contribution < 1.29 is 14.6 Å². The Morgan fingerprint density at radius 3 is 2.58 bits per heavy atom. The summed E-state index contributed by atoms with van der Waals surface area (Å²) in [5.41, 5.74) is 2.24.